The van der Waals surface area contributed by atoms with Crippen molar-refractivity contribution < 1.29 is 13.9 Å². The average molecular weight is 297 g/mol. The van der Waals surface area contributed by atoms with Crippen molar-refractivity contribution in [3.8, 4) is 0 Å². The monoisotopic (exact) mass is 297 g/mol. The van der Waals surface area contributed by atoms with Gasteiger partial charge in [0, 0.05) is 12.6 Å². The minimum atomic E-state index is -2.71. The number of nitrogens with zero attached hydrogens (tertiary/aromatic N) is 4. The molecule has 0 aromatic carbocycles. The Kier molecular flexibility index (Phi) is 3.96. The smallest absolute Gasteiger partial charge is 0.299 e. The number of aliphatic hydroxyl groups excluding tert-OH is 1. The van der Waals surface area contributed by atoms with E-state index < -0.39 is 12.2 Å². The van der Waals surface area contributed by atoms with Crippen LogP contribution < -0.4 is 5.32 Å². The first-order valence-corrected chi connectivity index (χ1v) is 7.07. The van der Waals surface area contributed by atoms with Crippen molar-refractivity contribution in [2.24, 2.45) is 5.92 Å². The highest BCUT2D eigenvalue weighted by atomic mass is 19.3. The maximum Gasteiger partial charge on any atom is 0.299 e. The maximum absolute atomic E-state index is 12.8. The number of anilines is 1. The number of halogens is 2. The van der Waals surface area contributed by atoms with Gasteiger partial charge in [0.1, 0.15) is 5.82 Å². The molecule has 2 atom stereocenters. The Labute approximate surface area is 120 Å². The summed E-state index contributed by atoms with van der Waals surface area (Å²) in [6.07, 6.45) is 1.19. The lowest BCUT2D eigenvalue weighted by Gasteiger charge is -2.20. The van der Waals surface area contributed by atoms with Gasteiger partial charge in [0.15, 0.2) is 5.65 Å². The van der Waals surface area contributed by atoms with Gasteiger partial charge in [-0.2, -0.15) is 4.52 Å². The fraction of sp³-hybridized carbons (Fsp3) is 0.615. The largest absolute Gasteiger partial charge is 0.396 e. The molecule has 1 aliphatic carbocycles. The van der Waals surface area contributed by atoms with Crippen molar-refractivity contribution >= 4 is 11.5 Å². The summed E-state index contributed by atoms with van der Waals surface area (Å²) < 4.78 is 26.7. The maximum atomic E-state index is 12.8. The highest BCUT2D eigenvalue weighted by molar-refractivity contribution is 5.44. The van der Waals surface area contributed by atoms with E-state index in [-0.39, 0.29) is 12.6 Å². The van der Waals surface area contributed by atoms with Crippen LogP contribution in [-0.4, -0.2) is 37.6 Å². The summed E-state index contributed by atoms with van der Waals surface area (Å²) >= 11 is 0. The molecule has 2 aromatic heterocycles. The standard InChI is InChI=1S/C13H17F2N5O/c14-12(15)13-18-17-11-5-4-10(19-20(11)13)16-9-3-1-2-8(9)6-7-21/h4-5,8-9,12,21H,1-3,6-7H2,(H,16,19). The third-order valence-electron chi connectivity index (χ3n) is 3.97. The van der Waals surface area contributed by atoms with Crippen LogP contribution in [0.1, 0.15) is 37.9 Å². The third kappa shape index (κ3) is 2.80. The van der Waals surface area contributed by atoms with Crippen molar-refractivity contribution in [1.82, 2.24) is 19.8 Å². The van der Waals surface area contributed by atoms with Crippen LogP contribution in [0, 0.1) is 5.92 Å². The second-order valence-electron chi connectivity index (χ2n) is 5.30. The van der Waals surface area contributed by atoms with Crippen molar-refractivity contribution in [1.29, 1.82) is 0 Å². The predicted molar refractivity (Wildman–Crippen MR) is 72.2 cm³/mol. The minimum absolute atomic E-state index is 0.163. The Balaban J connectivity index is 1.82. The van der Waals surface area contributed by atoms with E-state index in [4.69, 9.17) is 5.11 Å². The lowest BCUT2D eigenvalue weighted by molar-refractivity contribution is 0.137. The molecule has 0 radical (unpaired) electrons. The van der Waals surface area contributed by atoms with E-state index in [0.717, 1.165) is 30.2 Å². The molecular weight excluding hydrogens is 280 g/mol. The van der Waals surface area contributed by atoms with Gasteiger partial charge in [-0.15, -0.1) is 15.3 Å². The zero-order chi connectivity index (χ0) is 14.8. The number of aliphatic hydroxyl groups is 1. The Morgan fingerprint density at radius 3 is 2.95 bits per heavy atom. The molecule has 6 nitrogen and oxygen atoms in total. The molecule has 21 heavy (non-hydrogen) atoms. The molecule has 0 bridgehead atoms. The van der Waals surface area contributed by atoms with Crippen molar-refractivity contribution in [2.45, 2.75) is 38.2 Å². The fourth-order valence-corrected chi connectivity index (χ4v) is 2.95. The average Bonchev–Trinajstić information content (AvgIpc) is 3.06. The van der Waals surface area contributed by atoms with Gasteiger partial charge >= 0.3 is 0 Å². The van der Waals surface area contributed by atoms with Crippen LogP contribution in [0.15, 0.2) is 12.1 Å². The molecule has 1 aliphatic rings. The van der Waals surface area contributed by atoms with E-state index in [2.05, 4.69) is 20.6 Å². The van der Waals surface area contributed by atoms with E-state index in [1.807, 2.05) is 0 Å². The summed E-state index contributed by atoms with van der Waals surface area (Å²) in [5.74, 6) is 0.467. The molecule has 2 N–H and O–H groups in total. The number of hydrogen-bond acceptors (Lipinski definition) is 5. The lowest BCUT2D eigenvalue weighted by atomic mass is 10.0. The first kappa shape index (κ1) is 14.1. The normalized spacial score (nSPS) is 22.3. The molecular formula is C13H17F2N5O. The molecule has 0 aliphatic heterocycles. The van der Waals surface area contributed by atoms with Gasteiger partial charge in [-0.3, -0.25) is 0 Å². The molecule has 0 amide bonds. The Morgan fingerprint density at radius 1 is 1.33 bits per heavy atom. The van der Waals surface area contributed by atoms with Crippen LogP contribution in [0.25, 0.3) is 5.65 Å². The number of fused-ring (bicyclic) bond motifs is 1. The van der Waals surface area contributed by atoms with Crippen molar-refractivity contribution in [2.75, 3.05) is 11.9 Å². The van der Waals surface area contributed by atoms with E-state index in [0.29, 0.717) is 17.4 Å². The molecule has 2 aromatic rings. The van der Waals surface area contributed by atoms with Crippen LogP contribution in [0.5, 0.6) is 0 Å². The number of hydrogen-bond donors (Lipinski definition) is 2. The van der Waals surface area contributed by atoms with Crippen LogP contribution in [-0.2, 0) is 0 Å². The van der Waals surface area contributed by atoms with Gasteiger partial charge in [0.05, 0.1) is 0 Å². The Bertz CT molecular complexity index is 618. The van der Waals surface area contributed by atoms with Crippen LogP contribution in [0.3, 0.4) is 0 Å². The summed E-state index contributed by atoms with van der Waals surface area (Å²) in [6, 6.07) is 3.55. The second-order valence-corrected chi connectivity index (χ2v) is 5.30. The van der Waals surface area contributed by atoms with Gasteiger partial charge in [0.2, 0.25) is 5.82 Å². The first-order valence-electron chi connectivity index (χ1n) is 7.07. The summed E-state index contributed by atoms with van der Waals surface area (Å²) in [5, 5.41) is 23.6. The molecule has 1 saturated carbocycles. The topological polar surface area (TPSA) is 75.3 Å². The molecule has 8 heteroatoms. The summed E-state index contributed by atoms with van der Waals surface area (Å²) in [7, 11) is 0. The SMILES string of the molecule is OCCC1CCCC1Nc1ccc2nnc(C(F)F)n2n1. The number of aromatic nitrogens is 4. The first-order chi connectivity index (χ1) is 10.2. The second kappa shape index (κ2) is 5.88. The van der Waals surface area contributed by atoms with Gasteiger partial charge in [-0.25, -0.2) is 8.78 Å². The zero-order valence-corrected chi connectivity index (χ0v) is 11.4. The third-order valence-corrected chi connectivity index (χ3v) is 3.97. The van der Waals surface area contributed by atoms with Gasteiger partial charge < -0.3 is 10.4 Å². The van der Waals surface area contributed by atoms with Gasteiger partial charge in [0.25, 0.3) is 6.43 Å². The number of alkyl halides is 2. The highest BCUT2D eigenvalue weighted by Gasteiger charge is 2.27. The minimum Gasteiger partial charge on any atom is -0.396 e. The van der Waals surface area contributed by atoms with E-state index in [1.54, 1.807) is 12.1 Å². The quantitative estimate of drug-likeness (QED) is 0.883. The Hall–Kier alpha value is -1.83. The zero-order valence-electron chi connectivity index (χ0n) is 11.4. The summed E-state index contributed by atoms with van der Waals surface area (Å²) in [5.41, 5.74) is 0.300. The summed E-state index contributed by atoms with van der Waals surface area (Å²) in [4.78, 5) is 0. The van der Waals surface area contributed by atoms with Crippen molar-refractivity contribution in [3.63, 3.8) is 0 Å². The van der Waals surface area contributed by atoms with E-state index in [9.17, 15) is 8.78 Å². The highest BCUT2D eigenvalue weighted by Crippen LogP contribution is 2.30. The van der Waals surface area contributed by atoms with Crippen LogP contribution >= 0.6 is 0 Å². The summed E-state index contributed by atoms with van der Waals surface area (Å²) in [6.45, 7) is 0.163. The molecule has 1 fully saturated rings. The lowest BCUT2D eigenvalue weighted by Crippen LogP contribution is -2.25. The number of rotatable bonds is 5. The molecule has 2 heterocycles. The van der Waals surface area contributed by atoms with E-state index in [1.165, 1.54) is 0 Å². The molecule has 0 saturated heterocycles. The molecule has 0 spiro atoms. The number of nitrogens with one attached hydrogen (secondary N) is 1. The molecule has 114 valence electrons. The van der Waals surface area contributed by atoms with Gasteiger partial charge in [-0.1, -0.05) is 6.42 Å². The van der Waals surface area contributed by atoms with Crippen LogP contribution in [0.4, 0.5) is 14.6 Å². The van der Waals surface area contributed by atoms with E-state index >= 15 is 0 Å². The molecule has 3 rings (SSSR count). The Morgan fingerprint density at radius 2 is 2.19 bits per heavy atom. The van der Waals surface area contributed by atoms with Crippen LogP contribution in [0.2, 0.25) is 0 Å². The van der Waals surface area contributed by atoms with Crippen molar-refractivity contribution in [3.05, 3.63) is 18.0 Å². The fourth-order valence-electron chi connectivity index (χ4n) is 2.95. The molecule has 2 unspecified atom stereocenters. The van der Waals surface area contributed by atoms with Gasteiger partial charge in [-0.05, 0) is 37.3 Å². The predicted octanol–water partition coefficient (Wildman–Crippen LogP) is 2.02.